The summed E-state index contributed by atoms with van der Waals surface area (Å²) in [4.78, 5) is 15.2. The molecule has 2 aromatic rings. The van der Waals surface area contributed by atoms with E-state index in [1.165, 1.54) is 11.1 Å². The fraction of sp³-hybridized carbons (Fsp3) is 0.409. The number of aryl methyl sites for hydroxylation is 1. The van der Waals surface area contributed by atoms with Crippen molar-refractivity contribution >= 4 is 5.91 Å². The summed E-state index contributed by atoms with van der Waals surface area (Å²) in [6, 6.07) is 14.2. The zero-order chi connectivity index (χ0) is 18.5. The van der Waals surface area contributed by atoms with E-state index in [0.717, 1.165) is 24.8 Å². The van der Waals surface area contributed by atoms with Crippen LogP contribution in [-0.2, 0) is 17.8 Å². The summed E-state index contributed by atoms with van der Waals surface area (Å²) < 4.78 is 10.7. The van der Waals surface area contributed by atoms with E-state index in [-0.39, 0.29) is 11.8 Å². The predicted molar refractivity (Wildman–Crippen MR) is 103 cm³/mol. The van der Waals surface area contributed by atoms with E-state index in [2.05, 4.69) is 18.2 Å². The topological polar surface area (TPSA) is 38.8 Å². The van der Waals surface area contributed by atoms with Crippen molar-refractivity contribution < 1.29 is 14.3 Å². The lowest BCUT2D eigenvalue weighted by Crippen LogP contribution is -2.35. The molecule has 4 nitrogen and oxygen atoms in total. The summed E-state index contributed by atoms with van der Waals surface area (Å²) in [5.41, 5.74) is 3.57. The number of rotatable bonds is 6. The van der Waals surface area contributed by atoms with E-state index in [1.54, 1.807) is 14.2 Å². The second-order valence-electron chi connectivity index (χ2n) is 6.69. The summed E-state index contributed by atoms with van der Waals surface area (Å²) >= 11 is 0. The van der Waals surface area contributed by atoms with Gasteiger partial charge in [0.2, 0.25) is 5.91 Å². The summed E-state index contributed by atoms with van der Waals surface area (Å²) in [7, 11) is 3.25. The Bertz CT molecular complexity index is 772. The van der Waals surface area contributed by atoms with E-state index in [9.17, 15) is 4.79 Å². The number of hydrogen-bond acceptors (Lipinski definition) is 3. The molecular formula is C22H27NO3. The summed E-state index contributed by atoms with van der Waals surface area (Å²) in [5.74, 6) is 1.58. The normalized spacial score (nSPS) is 15.9. The minimum atomic E-state index is -0.0277. The van der Waals surface area contributed by atoms with Crippen LogP contribution in [0.4, 0.5) is 0 Å². The van der Waals surface area contributed by atoms with Gasteiger partial charge in [0.15, 0.2) is 11.5 Å². The van der Waals surface area contributed by atoms with Gasteiger partial charge in [-0.2, -0.15) is 0 Å². The lowest BCUT2D eigenvalue weighted by molar-refractivity contribution is -0.133. The number of fused-ring (bicyclic) bond motifs is 1. The number of amides is 1. The van der Waals surface area contributed by atoms with Gasteiger partial charge in [0.05, 0.1) is 20.1 Å². The third-order valence-electron chi connectivity index (χ3n) is 5.18. The molecule has 4 heteroatoms. The van der Waals surface area contributed by atoms with Gasteiger partial charge in [0, 0.05) is 13.1 Å². The van der Waals surface area contributed by atoms with Gasteiger partial charge >= 0.3 is 0 Å². The molecule has 0 aromatic heterocycles. The van der Waals surface area contributed by atoms with Crippen LogP contribution in [0, 0.1) is 0 Å². The smallest absolute Gasteiger partial charge is 0.230 e. The van der Waals surface area contributed by atoms with Crippen LogP contribution in [0.2, 0.25) is 0 Å². The summed E-state index contributed by atoms with van der Waals surface area (Å²) in [6.07, 6.45) is 3.07. The van der Waals surface area contributed by atoms with Gasteiger partial charge in [0.25, 0.3) is 0 Å². The zero-order valence-corrected chi connectivity index (χ0v) is 15.8. The first kappa shape index (κ1) is 18.3. The fourth-order valence-corrected chi connectivity index (χ4v) is 3.78. The van der Waals surface area contributed by atoms with Gasteiger partial charge in [-0.05, 0) is 55.0 Å². The number of likely N-dealkylation sites (N-methyl/N-ethyl adjacent to an activating group) is 1. The maximum absolute atomic E-state index is 13.2. The monoisotopic (exact) mass is 353 g/mol. The van der Waals surface area contributed by atoms with E-state index in [4.69, 9.17) is 9.47 Å². The van der Waals surface area contributed by atoms with Crippen LogP contribution in [0.25, 0.3) is 0 Å². The van der Waals surface area contributed by atoms with Crippen molar-refractivity contribution in [3.05, 3.63) is 59.2 Å². The van der Waals surface area contributed by atoms with Crippen molar-refractivity contribution in [3.63, 3.8) is 0 Å². The molecule has 0 saturated heterocycles. The van der Waals surface area contributed by atoms with E-state index >= 15 is 0 Å². The molecule has 138 valence electrons. The quantitative estimate of drug-likeness (QED) is 0.782. The Labute approximate surface area is 155 Å². The summed E-state index contributed by atoms with van der Waals surface area (Å²) in [6.45, 7) is 3.30. The molecule has 3 rings (SSSR count). The first-order chi connectivity index (χ1) is 12.7. The molecule has 0 N–H and O–H groups in total. The second-order valence-corrected chi connectivity index (χ2v) is 6.69. The molecule has 0 bridgehead atoms. The Kier molecular flexibility index (Phi) is 5.82. The molecule has 2 aromatic carbocycles. The highest BCUT2D eigenvalue weighted by molar-refractivity contribution is 5.84. The number of hydrogen-bond donors (Lipinski definition) is 0. The number of methoxy groups -OCH3 is 2. The van der Waals surface area contributed by atoms with Crippen molar-refractivity contribution in [2.24, 2.45) is 0 Å². The predicted octanol–water partition coefficient (Wildman–Crippen LogP) is 4.17. The molecule has 1 atom stereocenters. The third-order valence-corrected chi connectivity index (χ3v) is 5.18. The number of carbonyl (C=O) groups excluding carboxylic acids is 1. The Morgan fingerprint density at radius 3 is 2.62 bits per heavy atom. The molecule has 26 heavy (non-hydrogen) atoms. The molecule has 1 aliphatic carbocycles. The number of carbonyl (C=O) groups is 1. The molecule has 0 fully saturated rings. The van der Waals surface area contributed by atoms with Gasteiger partial charge in [-0.3, -0.25) is 4.79 Å². The Morgan fingerprint density at radius 2 is 1.88 bits per heavy atom. The summed E-state index contributed by atoms with van der Waals surface area (Å²) in [5, 5.41) is 0. The molecule has 0 saturated carbocycles. The Balaban J connectivity index is 1.80. The third kappa shape index (κ3) is 3.69. The van der Waals surface area contributed by atoms with Gasteiger partial charge in [0.1, 0.15) is 0 Å². The van der Waals surface area contributed by atoms with Crippen LogP contribution < -0.4 is 9.47 Å². The van der Waals surface area contributed by atoms with Gasteiger partial charge in [-0.25, -0.2) is 0 Å². The lowest BCUT2D eigenvalue weighted by Gasteiger charge is -2.30. The van der Waals surface area contributed by atoms with Crippen LogP contribution in [-0.4, -0.2) is 31.6 Å². The minimum absolute atomic E-state index is 0.0277. The average molecular weight is 353 g/mol. The minimum Gasteiger partial charge on any atom is -0.493 e. The van der Waals surface area contributed by atoms with E-state index < -0.39 is 0 Å². The van der Waals surface area contributed by atoms with E-state index in [1.807, 2.05) is 36.1 Å². The molecule has 0 radical (unpaired) electrons. The fourth-order valence-electron chi connectivity index (χ4n) is 3.78. The average Bonchev–Trinajstić information content (AvgIpc) is 2.70. The Morgan fingerprint density at radius 1 is 1.12 bits per heavy atom. The maximum Gasteiger partial charge on any atom is 0.230 e. The zero-order valence-electron chi connectivity index (χ0n) is 15.8. The van der Waals surface area contributed by atoms with Crippen molar-refractivity contribution in [1.82, 2.24) is 4.90 Å². The van der Waals surface area contributed by atoms with Crippen LogP contribution in [0.5, 0.6) is 11.5 Å². The van der Waals surface area contributed by atoms with Gasteiger partial charge < -0.3 is 14.4 Å². The molecule has 1 unspecified atom stereocenters. The van der Waals surface area contributed by atoms with Crippen molar-refractivity contribution in [2.75, 3.05) is 20.8 Å². The van der Waals surface area contributed by atoms with Gasteiger partial charge in [-0.15, -0.1) is 0 Å². The van der Waals surface area contributed by atoms with Crippen LogP contribution in [0.3, 0.4) is 0 Å². The molecule has 0 heterocycles. The second kappa shape index (κ2) is 8.26. The Hall–Kier alpha value is -2.49. The van der Waals surface area contributed by atoms with Crippen molar-refractivity contribution in [2.45, 2.75) is 38.6 Å². The molecule has 1 amide bonds. The number of nitrogens with zero attached hydrogens (tertiary/aromatic N) is 1. The highest BCUT2D eigenvalue weighted by Crippen LogP contribution is 2.34. The lowest BCUT2D eigenvalue weighted by atomic mass is 9.82. The largest absolute Gasteiger partial charge is 0.493 e. The molecule has 1 aliphatic rings. The highest BCUT2D eigenvalue weighted by atomic mass is 16.5. The highest BCUT2D eigenvalue weighted by Gasteiger charge is 2.29. The first-order valence-corrected chi connectivity index (χ1v) is 9.25. The van der Waals surface area contributed by atoms with Crippen LogP contribution in [0.15, 0.2) is 42.5 Å². The SMILES string of the molecule is CCN(Cc1ccc(OC)c(OC)c1)C(=O)C1CCCc2ccccc21. The van der Waals surface area contributed by atoms with Crippen molar-refractivity contribution in [1.29, 1.82) is 0 Å². The maximum atomic E-state index is 13.2. The van der Waals surface area contributed by atoms with Crippen LogP contribution in [0.1, 0.15) is 42.4 Å². The molecule has 0 aliphatic heterocycles. The molecular weight excluding hydrogens is 326 g/mol. The van der Waals surface area contributed by atoms with E-state index in [0.29, 0.717) is 24.6 Å². The molecule has 0 spiro atoms. The van der Waals surface area contributed by atoms with Crippen LogP contribution >= 0.6 is 0 Å². The first-order valence-electron chi connectivity index (χ1n) is 9.25. The number of ether oxygens (including phenoxy) is 2. The standard InChI is InChI=1S/C22H27NO3/c1-4-23(15-16-12-13-20(25-2)21(14-16)26-3)22(24)19-11-7-9-17-8-5-6-10-18(17)19/h5-6,8,10,12-14,19H,4,7,9,11,15H2,1-3H3. The number of benzene rings is 2. The van der Waals surface area contributed by atoms with Crippen molar-refractivity contribution in [3.8, 4) is 11.5 Å². The van der Waals surface area contributed by atoms with Gasteiger partial charge in [-0.1, -0.05) is 30.3 Å².